The van der Waals surface area contributed by atoms with Gasteiger partial charge in [-0.15, -0.1) is 0 Å². The van der Waals surface area contributed by atoms with Crippen molar-refractivity contribution in [1.29, 1.82) is 0 Å². The van der Waals surface area contributed by atoms with Crippen LogP contribution in [-0.4, -0.2) is 48.7 Å². The van der Waals surface area contributed by atoms with Crippen LogP contribution in [0, 0.1) is 0 Å². The fourth-order valence-corrected chi connectivity index (χ4v) is 2.14. The Morgan fingerprint density at radius 2 is 2.10 bits per heavy atom. The Morgan fingerprint density at radius 1 is 1.43 bits per heavy atom. The molecule has 0 saturated heterocycles. The number of carboxylic acid groups (broad SMARTS) is 1. The van der Waals surface area contributed by atoms with Crippen LogP contribution in [0.4, 0.5) is 0 Å². The predicted octanol–water partition coefficient (Wildman–Crippen LogP) is 2.05. The maximum atomic E-state index is 11.9. The standard InChI is InChI=1S/C14H16ClNO5/c1-16(9-3-4-9)12(17)7-21-13-10(14(18)19)5-8(15)6-11(13)20-2/h5-6,9H,3-4,7H2,1-2H3,(H,18,19). The van der Waals surface area contributed by atoms with Crippen LogP contribution in [0.25, 0.3) is 0 Å². The Hall–Kier alpha value is -1.95. The van der Waals surface area contributed by atoms with Crippen molar-refractivity contribution < 1.29 is 24.2 Å². The Labute approximate surface area is 127 Å². The Bertz CT molecular complexity index is 571. The van der Waals surface area contributed by atoms with Gasteiger partial charge in [0.05, 0.1) is 7.11 Å². The van der Waals surface area contributed by atoms with E-state index in [-0.39, 0.29) is 40.6 Å². The van der Waals surface area contributed by atoms with Gasteiger partial charge < -0.3 is 19.5 Å². The normalized spacial score (nSPS) is 13.7. The molecule has 0 radical (unpaired) electrons. The van der Waals surface area contributed by atoms with Gasteiger partial charge >= 0.3 is 5.97 Å². The lowest BCUT2D eigenvalue weighted by Gasteiger charge is -2.18. The summed E-state index contributed by atoms with van der Waals surface area (Å²) >= 11 is 5.83. The summed E-state index contributed by atoms with van der Waals surface area (Å²) in [6, 6.07) is 2.97. The second-order valence-corrected chi connectivity index (χ2v) is 5.25. The first kappa shape index (κ1) is 15.4. The number of likely N-dealkylation sites (N-methyl/N-ethyl adjacent to an activating group) is 1. The van der Waals surface area contributed by atoms with E-state index in [0.29, 0.717) is 0 Å². The first-order valence-corrected chi connectivity index (χ1v) is 6.81. The van der Waals surface area contributed by atoms with Crippen molar-refractivity contribution in [1.82, 2.24) is 4.90 Å². The van der Waals surface area contributed by atoms with E-state index in [0.717, 1.165) is 12.8 Å². The van der Waals surface area contributed by atoms with Gasteiger partial charge in [0.15, 0.2) is 18.1 Å². The zero-order valence-electron chi connectivity index (χ0n) is 11.8. The van der Waals surface area contributed by atoms with E-state index in [1.54, 1.807) is 11.9 Å². The van der Waals surface area contributed by atoms with Crippen LogP contribution in [0.1, 0.15) is 23.2 Å². The summed E-state index contributed by atoms with van der Waals surface area (Å²) in [6.07, 6.45) is 1.99. The fraction of sp³-hybridized carbons (Fsp3) is 0.429. The van der Waals surface area contributed by atoms with Gasteiger partial charge in [0.1, 0.15) is 5.56 Å². The molecule has 0 aliphatic heterocycles. The van der Waals surface area contributed by atoms with Crippen molar-refractivity contribution in [2.45, 2.75) is 18.9 Å². The molecule has 0 atom stereocenters. The van der Waals surface area contributed by atoms with E-state index in [1.165, 1.54) is 19.2 Å². The highest BCUT2D eigenvalue weighted by Gasteiger charge is 2.30. The van der Waals surface area contributed by atoms with Gasteiger partial charge in [-0.3, -0.25) is 4.79 Å². The number of ether oxygens (including phenoxy) is 2. The van der Waals surface area contributed by atoms with Crippen molar-refractivity contribution >= 4 is 23.5 Å². The largest absolute Gasteiger partial charge is 0.493 e. The maximum absolute atomic E-state index is 11.9. The molecule has 1 aromatic carbocycles. The van der Waals surface area contributed by atoms with Crippen molar-refractivity contribution in [3.8, 4) is 11.5 Å². The minimum absolute atomic E-state index is 0.00643. The molecule has 1 fully saturated rings. The van der Waals surface area contributed by atoms with Crippen molar-refractivity contribution in [3.05, 3.63) is 22.7 Å². The van der Waals surface area contributed by atoms with E-state index in [2.05, 4.69) is 0 Å². The summed E-state index contributed by atoms with van der Waals surface area (Å²) in [4.78, 5) is 24.8. The van der Waals surface area contributed by atoms with E-state index in [9.17, 15) is 14.7 Å². The molecule has 0 bridgehead atoms. The predicted molar refractivity (Wildman–Crippen MR) is 76.3 cm³/mol. The van der Waals surface area contributed by atoms with Crippen LogP contribution in [0.3, 0.4) is 0 Å². The summed E-state index contributed by atoms with van der Waals surface area (Å²) in [7, 11) is 3.09. The highest BCUT2D eigenvalue weighted by atomic mass is 35.5. The molecule has 1 aromatic rings. The van der Waals surface area contributed by atoms with Gasteiger partial charge in [0.25, 0.3) is 5.91 Å². The third-order valence-corrected chi connectivity index (χ3v) is 3.52. The third kappa shape index (κ3) is 3.58. The van der Waals surface area contributed by atoms with Gasteiger partial charge in [-0.05, 0) is 18.9 Å². The number of methoxy groups -OCH3 is 1. The molecule has 6 nitrogen and oxygen atoms in total. The van der Waals surface area contributed by atoms with E-state index in [1.807, 2.05) is 0 Å². The van der Waals surface area contributed by atoms with Crippen LogP contribution < -0.4 is 9.47 Å². The molecule has 21 heavy (non-hydrogen) atoms. The SMILES string of the molecule is COc1cc(Cl)cc(C(=O)O)c1OCC(=O)N(C)C1CC1. The molecule has 1 saturated carbocycles. The number of hydrogen-bond acceptors (Lipinski definition) is 4. The molecule has 0 aromatic heterocycles. The number of halogens is 1. The molecule has 0 unspecified atom stereocenters. The zero-order valence-corrected chi connectivity index (χ0v) is 12.5. The second-order valence-electron chi connectivity index (χ2n) is 4.81. The van der Waals surface area contributed by atoms with Crippen LogP contribution in [0.5, 0.6) is 11.5 Å². The van der Waals surface area contributed by atoms with Gasteiger partial charge in [-0.2, -0.15) is 0 Å². The molecule has 7 heteroatoms. The highest BCUT2D eigenvalue weighted by molar-refractivity contribution is 6.31. The molecule has 1 N–H and O–H groups in total. The van der Waals surface area contributed by atoms with Gasteiger partial charge in [0.2, 0.25) is 0 Å². The van der Waals surface area contributed by atoms with Crippen molar-refractivity contribution in [2.24, 2.45) is 0 Å². The number of carbonyl (C=O) groups is 2. The van der Waals surface area contributed by atoms with Gasteiger partial charge in [0, 0.05) is 24.2 Å². The Kier molecular flexibility index (Phi) is 4.57. The van der Waals surface area contributed by atoms with Crippen LogP contribution in [-0.2, 0) is 4.79 Å². The van der Waals surface area contributed by atoms with E-state index >= 15 is 0 Å². The van der Waals surface area contributed by atoms with E-state index in [4.69, 9.17) is 21.1 Å². The van der Waals surface area contributed by atoms with Gasteiger partial charge in [-0.25, -0.2) is 4.79 Å². The first-order chi connectivity index (χ1) is 9.93. The molecule has 0 spiro atoms. The number of hydrogen-bond donors (Lipinski definition) is 1. The first-order valence-electron chi connectivity index (χ1n) is 6.43. The second kappa shape index (κ2) is 6.22. The summed E-state index contributed by atoms with van der Waals surface area (Å²) in [6.45, 7) is -0.245. The highest BCUT2D eigenvalue weighted by Crippen LogP contribution is 2.35. The van der Waals surface area contributed by atoms with E-state index < -0.39 is 5.97 Å². The number of carboxylic acids is 1. The summed E-state index contributed by atoms with van der Waals surface area (Å²) in [5.74, 6) is -1.21. The molecule has 0 heterocycles. The topological polar surface area (TPSA) is 76.1 Å². The van der Waals surface area contributed by atoms with Crippen LogP contribution in [0.15, 0.2) is 12.1 Å². The lowest BCUT2D eigenvalue weighted by Crippen LogP contribution is -2.33. The summed E-state index contributed by atoms with van der Waals surface area (Å²) < 4.78 is 10.5. The molecule has 114 valence electrons. The summed E-state index contributed by atoms with van der Waals surface area (Å²) in [5, 5.41) is 9.41. The maximum Gasteiger partial charge on any atom is 0.339 e. The number of amides is 1. The molecule has 2 rings (SSSR count). The summed E-state index contributed by atoms with van der Waals surface area (Å²) in [5.41, 5.74) is -0.138. The minimum atomic E-state index is -1.20. The number of aromatic carboxylic acids is 1. The zero-order chi connectivity index (χ0) is 15.6. The average molecular weight is 314 g/mol. The Balaban J connectivity index is 2.17. The lowest BCUT2D eigenvalue weighted by molar-refractivity contribution is -0.132. The number of benzene rings is 1. The molecular weight excluding hydrogens is 298 g/mol. The number of rotatable bonds is 6. The van der Waals surface area contributed by atoms with Crippen molar-refractivity contribution in [3.63, 3.8) is 0 Å². The number of nitrogens with zero attached hydrogens (tertiary/aromatic N) is 1. The third-order valence-electron chi connectivity index (χ3n) is 3.30. The van der Waals surface area contributed by atoms with Crippen molar-refractivity contribution in [2.75, 3.05) is 20.8 Å². The average Bonchev–Trinajstić information content (AvgIpc) is 3.28. The Morgan fingerprint density at radius 3 is 2.62 bits per heavy atom. The lowest BCUT2D eigenvalue weighted by atomic mass is 10.2. The molecule has 1 amide bonds. The quantitative estimate of drug-likeness (QED) is 0.870. The molecule has 1 aliphatic rings. The molecule has 1 aliphatic carbocycles. The minimum Gasteiger partial charge on any atom is -0.493 e. The monoisotopic (exact) mass is 313 g/mol. The molecular formula is C14H16ClNO5. The van der Waals surface area contributed by atoms with Crippen LogP contribution >= 0.6 is 11.6 Å². The number of carbonyl (C=O) groups excluding carboxylic acids is 1. The van der Waals surface area contributed by atoms with Gasteiger partial charge in [-0.1, -0.05) is 11.6 Å². The fourth-order valence-electron chi connectivity index (χ4n) is 1.93. The van der Waals surface area contributed by atoms with Crippen LogP contribution in [0.2, 0.25) is 5.02 Å². The smallest absolute Gasteiger partial charge is 0.339 e.